The maximum Gasteiger partial charge on any atom is 0.222 e. The molecule has 1 aromatic rings. The van der Waals surface area contributed by atoms with Gasteiger partial charge in [0.2, 0.25) is 5.91 Å². The van der Waals surface area contributed by atoms with Crippen LogP contribution in [-0.2, 0) is 4.79 Å². The van der Waals surface area contributed by atoms with E-state index in [-0.39, 0.29) is 11.8 Å². The average Bonchev–Trinajstić information content (AvgIpc) is 2.53. The summed E-state index contributed by atoms with van der Waals surface area (Å²) in [5.74, 6) is 0.221. The van der Waals surface area contributed by atoms with Crippen LogP contribution in [0.1, 0.15) is 31.9 Å². The summed E-state index contributed by atoms with van der Waals surface area (Å²) in [6.45, 7) is 8.94. The van der Waals surface area contributed by atoms with E-state index in [9.17, 15) is 4.79 Å². The number of nitrogens with one attached hydrogen (secondary N) is 1. The van der Waals surface area contributed by atoms with Crippen LogP contribution in [0.4, 0.5) is 0 Å². The highest BCUT2D eigenvalue weighted by atomic mass is 16.1. The van der Waals surface area contributed by atoms with Crippen molar-refractivity contribution in [2.45, 2.75) is 26.3 Å². The fraction of sp³-hybridized carbons (Fsp3) is 0.611. The molecule has 1 N–H and O–H groups in total. The predicted octanol–water partition coefficient (Wildman–Crippen LogP) is 2.14. The summed E-state index contributed by atoms with van der Waals surface area (Å²) < 4.78 is 0. The minimum absolute atomic E-state index is 0.0701. The first-order valence-corrected chi connectivity index (χ1v) is 8.33. The van der Waals surface area contributed by atoms with Crippen molar-refractivity contribution in [3.63, 3.8) is 0 Å². The van der Waals surface area contributed by atoms with Gasteiger partial charge in [0.15, 0.2) is 0 Å². The first-order chi connectivity index (χ1) is 10.6. The highest BCUT2D eigenvalue weighted by Gasteiger charge is 2.25. The standard InChI is InChI=1S/C18H29N3O/c1-15(2)18(22)19-10-7-11-21-13-12-20(3)14-17(21)16-8-5-4-6-9-16/h4-6,8-9,15,17H,7,10-14H2,1-3H3,(H,19,22). The van der Waals surface area contributed by atoms with Gasteiger partial charge in [-0.15, -0.1) is 0 Å². The number of amides is 1. The molecule has 1 saturated heterocycles. The number of carbonyl (C=O) groups excluding carboxylic acids is 1. The molecule has 1 aliphatic rings. The van der Waals surface area contributed by atoms with Crippen LogP contribution in [0.25, 0.3) is 0 Å². The van der Waals surface area contributed by atoms with Crippen LogP contribution >= 0.6 is 0 Å². The van der Waals surface area contributed by atoms with Crippen molar-refractivity contribution in [2.24, 2.45) is 5.92 Å². The Balaban J connectivity index is 1.86. The van der Waals surface area contributed by atoms with Gasteiger partial charge in [-0.1, -0.05) is 44.2 Å². The lowest BCUT2D eigenvalue weighted by Gasteiger charge is -2.40. The van der Waals surface area contributed by atoms with E-state index >= 15 is 0 Å². The Morgan fingerprint density at radius 1 is 1.27 bits per heavy atom. The molecule has 1 atom stereocenters. The molecule has 1 aliphatic heterocycles. The van der Waals surface area contributed by atoms with Crippen molar-refractivity contribution < 1.29 is 4.79 Å². The number of rotatable bonds is 6. The molecule has 122 valence electrons. The predicted molar refractivity (Wildman–Crippen MR) is 90.7 cm³/mol. The SMILES string of the molecule is CC(C)C(=O)NCCCN1CCN(C)CC1c1ccccc1. The summed E-state index contributed by atoms with van der Waals surface area (Å²) in [5, 5.41) is 3.01. The fourth-order valence-electron chi connectivity index (χ4n) is 2.91. The van der Waals surface area contributed by atoms with E-state index in [0.29, 0.717) is 6.04 Å². The molecule has 0 radical (unpaired) electrons. The third kappa shape index (κ3) is 4.82. The van der Waals surface area contributed by atoms with Crippen LogP contribution in [0.5, 0.6) is 0 Å². The maximum absolute atomic E-state index is 11.6. The van der Waals surface area contributed by atoms with Crippen molar-refractivity contribution in [3.05, 3.63) is 35.9 Å². The molecule has 2 rings (SSSR count). The molecule has 0 spiro atoms. The molecule has 4 nitrogen and oxygen atoms in total. The summed E-state index contributed by atoms with van der Waals surface area (Å²) >= 11 is 0. The lowest BCUT2D eigenvalue weighted by atomic mass is 10.0. The summed E-state index contributed by atoms with van der Waals surface area (Å²) in [6, 6.07) is 11.2. The van der Waals surface area contributed by atoms with E-state index in [2.05, 4.69) is 52.5 Å². The van der Waals surface area contributed by atoms with Gasteiger partial charge < -0.3 is 10.2 Å². The van der Waals surface area contributed by atoms with Gasteiger partial charge in [0.1, 0.15) is 0 Å². The maximum atomic E-state index is 11.6. The lowest BCUT2D eigenvalue weighted by molar-refractivity contribution is -0.124. The highest BCUT2D eigenvalue weighted by Crippen LogP contribution is 2.24. The first-order valence-electron chi connectivity index (χ1n) is 8.33. The number of hydrogen-bond donors (Lipinski definition) is 1. The van der Waals surface area contributed by atoms with Gasteiger partial charge in [0.05, 0.1) is 0 Å². The largest absolute Gasteiger partial charge is 0.356 e. The van der Waals surface area contributed by atoms with Crippen LogP contribution < -0.4 is 5.32 Å². The van der Waals surface area contributed by atoms with Crippen molar-refractivity contribution in [1.29, 1.82) is 0 Å². The number of hydrogen-bond acceptors (Lipinski definition) is 3. The van der Waals surface area contributed by atoms with E-state index < -0.39 is 0 Å². The third-order valence-electron chi connectivity index (χ3n) is 4.32. The Kier molecular flexibility index (Phi) is 6.40. The van der Waals surface area contributed by atoms with Gasteiger partial charge in [-0.25, -0.2) is 0 Å². The second kappa shape index (κ2) is 8.30. The van der Waals surface area contributed by atoms with E-state index in [1.807, 2.05) is 13.8 Å². The Morgan fingerprint density at radius 3 is 2.68 bits per heavy atom. The average molecular weight is 303 g/mol. The second-order valence-corrected chi connectivity index (χ2v) is 6.52. The molecule has 0 aromatic heterocycles. The molecule has 4 heteroatoms. The zero-order valence-electron chi connectivity index (χ0n) is 14.1. The molecular weight excluding hydrogens is 274 g/mol. The fourth-order valence-corrected chi connectivity index (χ4v) is 2.91. The van der Waals surface area contributed by atoms with Crippen LogP contribution in [0.2, 0.25) is 0 Å². The number of piperazine rings is 1. The van der Waals surface area contributed by atoms with Crippen LogP contribution in [0, 0.1) is 5.92 Å². The van der Waals surface area contributed by atoms with Gasteiger partial charge in [0.25, 0.3) is 0 Å². The molecule has 0 bridgehead atoms. The topological polar surface area (TPSA) is 35.6 Å². The monoisotopic (exact) mass is 303 g/mol. The van der Waals surface area contributed by atoms with E-state index in [4.69, 9.17) is 0 Å². The van der Waals surface area contributed by atoms with Gasteiger partial charge in [-0.05, 0) is 19.0 Å². The van der Waals surface area contributed by atoms with Crippen LogP contribution in [0.3, 0.4) is 0 Å². The first kappa shape index (κ1) is 17.0. The Hall–Kier alpha value is -1.39. The number of benzene rings is 1. The van der Waals surface area contributed by atoms with Crippen molar-refractivity contribution in [1.82, 2.24) is 15.1 Å². The van der Waals surface area contributed by atoms with Crippen molar-refractivity contribution in [2.75, 3.05) is 39.8 Å². The highest BCUT2D eigenvalue weighted by molar-refractivity contribution is 5.77. The second-order valence-electron chi connectivity index (χ2n) is 6.52. The van der Waals surface area contributed by atoms with Gasteiger partial charge in [-0.2, -0.15) is 0 Å². The summed E-state index contributed by atoms with van der Waals surface area (Å²) in [7, 11) is 2.19. The Bertz CT molecular complexity index is 461. The summed E-state index contributed by atoms with van der Waals surface area (Å²) in [4.78, 5) is 16.5. The molecule has 0 aliphatic carbocycles. The van der Waals surface area contributed by atoms with Gasteiger partial charge >= 0.3 is 0 Å². The number of nitrogens with zero attached hydrogens (tertiary/aromatic N) is 2. The molecule has 1 heterocycles. The minimum Gasteiger partial charge on any atom is -0.356 e. The molecule has 1 aromatic carbocycles. The molecule has 1 amide bonds. The lowest BCUT2D eigenvalue weighted by Crippen LogP contribution is -2.47. The van der Waals surface area contributed by atoms with Crippen LogP contribution in [-0.4, -0.2) is 55.5 Å². The zero-order chi connectivity index (χ0) is 15.9. The molecular formula is C18H29N3O. The molecule has 22 heavy (non-hydrogen) atoms. The molecule has 1 fully saturated rings. The quantitative estimate of drug-likeness (QED) is 0.818. The third-order valence-corrected chi connectivity index (χ3v) is 4.32. The van der Waals surface area contributed by atoms with Crippen molar-refractivity contribution in [3.8, 4) is 0 Å². The zero-order valence-corrected chi connectivity index (χ0v) is 14.1. The normalized spacial score (nSPS) is 20.3. The minimum atomic E-state index is 0.0701. The summed E-state index contributed by atoms with van der Waals surface area (Å²) in [5.41, 5.74) is 1.39. The Labute approximate surface area is 134 Å². The Morgan fingerprint density at radius 2 is 2.00 bits per heavy atom. The van der Waals surface area contributed by atoms with E-state index in [1.165, 1.54) is 5.56 Å². The summed E-state index contributed by atoms with van der Waals surface area (Å²) in [6.07, 6.45) is 1.01. The van der Waals surface area contributed by atoms with Gasteiger partial charge in [-0.3, -0.25) is 9.69 Å². The van der Waals surface area contributed by atoms with E-state index in [1.54, 1.807) is 0 Å². The van der Waals surface area contributed by atoms with E-state index in [0.717, 1.165) is 39.1 Å². The number of carbonyl (C=O) groups is 1. The van der Waals surface area contributed by atoms with Crippen LogP contribution in [0.15, 0.2) is 30.3 Å². The number of likely N-dealkylation sites (N-methyl/N-ethyl adjacent to an activating group) is 1. The smallest absolute Gasteiger partial charge is 0.222 e. The van der Waals surface area contributed by atoms with Gasteiger partial charge in [0, 0.05) is 44.7 Å². The van der Waals surface area contributed by atoms with Crippen molar-refractivity contribution >= 4 is 5.91 Å². The molecule has 1 unspecified atom stereocenters. The molecule has 0 saturated carbocycles.